The zero-order valence-corrected chi connectivity index (χ0v) is 11.3. The topological polar surface area (TPSA) is 105 Å². The first-order valence-electron chi connectivity index (χ1n) is 6.49. The van der Waals surface area contributed by atoms with Gasteiger partial charge < -0.3 is 10.2 Å². The van der Waals surface area contributed by atoms with E-state index in [0.717, 1.165) is 5.56 Å². The number of aromatic nitrogens is 3. The van der Waals surface area contributed by atoms with Crippen LogP contribution < -0.4 is 0 Å². The molecule has 0 radical (unpaired) electrons. The van der Waals surface area contributed by atoms with Crippen LogP contribution in [0.5, 0.6) is 0 Å². The van der Waals surface area contributed by atoms with Crippen LogP contribution in [0, 0.1) is 0 Å². The summed E-state index contributed by atoms with van der Waals surface area (Å²) in [5, 5.41) is 25.5. The van der Waals surface area contributed by atoms with Gasteiger partial charge in [-0.15, -0.1) is 5.10 Å². The van der Waals surface area contributed by atoms with Gasteiger partial charge in [0.2, 0.25) is 0 Å². The summed E-state index contributed by atoms with van der Waals surface area (Å²) >= 11 is 0. The van der Waals surface area contributed by atoms with Gasteiger partial charge >= 0.3 is 11.9 Å². The van der Waals surface area contributed by atoms with Crippen molar-refractivity contribution in [3.63, 3.8) is 0 Å². The van der Waals surface area contributed by atoms with Gasteiger partial charge in [-0.1, -0.05) is 35.5 Å². The van der Waals surface area contributed by atoms with Crippen LogP contribution in [-0.4, -0.2) is 37.1 Å². The summed E-state index contributed by atoms with van der Waals surface area (Å²) in [4.78, 5) is 21.5. The highest BCUT2D eigenvalue weighted by atomic mass is 16.4. The van der Waals surface area contributed by atoms with E-state index in [1.807, 2.05) is 30.3 Å². The van der Waals surface area contributed by atoms with E-state index < -0.39 is 11.9 Å². The van der Waals surface area contributed by atoms with Crippen molar-refractivity contribution in [3.8, 4) is 11.3 Å². The lowest BCUT2D eigenvalue weighted by Gasteiger charge is -2.07. The Hall–Kier alpha value is -2.70. The molecule has 0 fully saturated rings. The summed E-state index contributed by atoms with van der Waals surface area (Å²) < 4.78 is 1.57. The number of nitrogens with zero attached hydrogens (tertiary/aromatic N) is 3. The van der Waals surface area contributed by atoms with Crippen molar-refractivity contribution in [2.75, 3.05) is 0 Å². The standard InChI is InChI=1S/C14H15N3O4/c18-12(19)7-4-8-17-14(10-5-2-1-3-6-10)11(15-16-17)9-13(20)21/h1-3,5-6H,4,7-9H2,(H,18,19)(H,20,21). The molecule has 2 rings (SSSR count). The summed E-state index contributed by atoms with van der Waals surface area (Å²) in [6, 6.07) is 9.23. The Morgan fingerprint density at radius 3 is 2.43 bits per heavy atom. The van der Waals surface area contributed by atoms with Gasteiger partial charge in [-0.25, -0.2) is 4.68 Å². The lowest BCUT2D eigenvalue weighted by molar-refractivity contribution is -0.137. The zero-order chi connectivity index (χ0) is 15.2. The molecule has 1 aromatic heterocycles. The third-order valence-electron chi connectivity index (χ3n) is 2.93. The van der Waals surface area contributed by atoms with E-state index >= 15 is 0 Å². The fraction of sp³-hybridized carbons (Fsp3) is 0.286. The maximum Gasteiger partial charge on any atom is 0.309 e. The molecule has 21 heavy (non-hydrogen) atoms. The summed E-state index contributed by atoms with van der Waals surface area (Å²) in [5.41, 5.74) is 1.82. The molecule has 0 unspecified atom stereocenters. The van der Waals surface area contributed by atoms with Gasteiger partial charge in [0.15, 0.2) is 0 Å². The SMILES string of the molecule is O=C(O)CCCn1nnc(CC(=O)O)c1-c1ccccc1. The van der Waals surface area contributed by atoms with Crippen molar-refractivity contribution in [2.45, 2.75) is 25.8 Å². The largest absolute Gasteiger partial charge is 0.481 e. The molecule has 0 bridgehead atoms. The first-order chi connectivity index (χ1) is 10.1. The van der Waals surface area contributed by atoms with Crippen molar-refractivity contribution in [3.05, 3.63) is 36.0 Å². The smallest absolute Gasteiger partial charge is 0.309 e. The minimum atomic E-state index is -0.982. The second kappa shape index (κ2) is 6.65. The van der Waals surface area contributed by atoms with Gasteiger partial charge in [0, 0.05) is 18.5 Å². The molecule has 1 heterocycles. The molecular weight excluding hydrogens is 274 g/mol. The average molecular weight is 289 g/mol. The molecule has 0 aliphatic carbocycles. The Balaban J connectivity index is 2.30. The van der Waals surface area contributed by atoms with Crippen molar-refractivity contribution in [1.82, 2.24) is 15.0 Å². The number of benzene rings is 1. The zero-order valence-electron chi connectivity index (χ0n) is 11.3. The highest BCUT2D eigenvalue weighted by Gasteiger charge is 2.17. The van der Waals surface area contributed by atoms with E-state index in [0.29, 0.717) is 24.4 Å². The van der Waals surface area contributed by atoms with E-state index in [-0.39, 0.29) is 12.8 Å². The summed E-state index contributed by atoms with van der Waals surface area (Å²) in [7, 11) is 0. The summed E-state index contributed by atoms with van der Waals surface area (Å²) in [6.07, 6.45) is 0.219. The number of aliphatic carboxylic acids is 2. The quantitative estimate of drug-likeness (QED) is 0.799. The molecule has 0 saturated carbocycles. The highest BCUT2D eigenvalue weighted by molar-refractivity contribution is 5.73. The van der Waals surface area contributed by atoms with Gasteiger partial charge in [0.05, 0.1) is 12.1 Å². The predicted molar refractivity (Wildman–Crippen MR) is 73.7 cm³/mol. The van der Waals surface area contributed by atoms with E-state index in [1.165, 1.54) is 0 Å². The maximum atomic E-state index is 10.9. The number of carbonyl (C=O) groups is 2. The minimum Gasteiger partial charge on any atom is -0.481 e. The first kappa shape index (κ1) is 14.7. The lowest BCUT2D eigenvalue weighted by Crippen LogP contribution is -2.07. The average Bonchev–Trinajstić information content (AvgIpc) is 2.81. The van der Waals surface area contributed by atoms with Crippen LogP contribution in [0.25, 0.3) is 11.3 Å². The molecule has 0 saturated heterocycles. The van der Waals surface area contributed by atoms with E-state index in [9.17, 15) is 9.59 Å². The molecular formula is C14H15N3O4. The van der Waals surface area contributed by atoms with Crippen LogP contribution >= 0.6 is 0 Å². The molecule has 0 aliphatic rings. The maximum absolute atomic E-state index is 10.9. The Bertz CT molecular complexity index is 637. The fourth-order valence-corrected chi connectivity index (χ4v) is 2.06. The second-order valence-corrected chi connectivity index (χ2v) is 4.54. The van der Waals surface area contributed by atoms with Gasteiger partial charge in [-0.05, 0) is 6.42 Å². The Labute approximate surface area is 120 Å². The van der Waals surface area contributed by atoms with Crippen molar-refractivity contribution < 1.29 is 19.8 Å². The third-order valence-corrected chi connectivity index (χ3v) is 2.93. The minimum absolute atomic E-state index is 0.0301. The molecule has 0 aliphatic heterocycles. The van der Waals surface area contributed by atoms with Gasteiger partial charge in [-0.3, -0.25) is 9.59 Å². The van der Waals surface area contributed by atoms with Crippen LogP contribution in [-0.2, 0) is 22.6 Å². The summed E-state index contributed by atoms with van der Waals surface area (Å²) in [6.45, 7) is 0.378. The van der Waals surface area contributed by atoms with E-state index in [1.54, 1.807) is 4.68 Å². The van der Waals surface area contributed by atoms with Crippen molar-refractivity contribution >= 4 is 11.9 Å². The fourth-order valence-electron chi connectivity index (χ4n) is 2.06. The van der Waals surface area contributed by atoms with Crippen molar-refractivity contribution in [2.24, 2.45) is 0 Å². The normalized spacial score (nSPS) is 10.5. The molecule has 0 amide bonds. The monoisotopic (exact) mass is 289 g/mol. The number of hydrogen-bond acceptors (Lipinski definition) is 4. The van der Waals surface area contributed by atoms with Crippen molar-refractivity contribution in [1.29, 1.82) is 0 Å². The van der Waals surface area contributed by atoms with Crippen LogP contribution in [0.1, 0.15) is 18.5 Å². The third kappa shape index (κ3) is 3.88. The number of rotatable bonds is 7. The predicted octanol–water partition coefficient (Wildman–Crippen LogP) is 1.44. The molecule has 7 heteroatoms. The molecule has 0 atom stereocenters. The van der Waals surface area contributed by atoms with Gasteiger partial charge in [-0.2, -0.15) is 0 Å². The molecule has 7 nitrogen and oxygen atoms in total. The van der Waals surface area contributed by atoms with Gasteiger partial charge in [0.1, 0.15) is 5.69 Å². The molecule has 110 valence electrons. The molecule has 2 N–H and O–H groups in total. The summed E-state index contributed by atoms with van der Waals surface area (Å²) in [5.74, 6) is -1.85. The van der Waals surface area contributed by atoms with Crippen LogP contribution in [0.2, 0.25) is 0 Å². The Morgan fingerprint density at radius 2 is 1.81 bits per heavy atom. The number of carboxylic acid groups (broad SMARTS) is 2. The first-order valence-corrected chi connectivity index (χ1v) is 6.49. The van der Waals surface area contributed by atoms with E-state index in [2.05, 4.69) is 10.3 Å². The number of hydrogen-bond donors (Lipinski definition) is 2. The Kier molecular flexibility index (Phi) is 4.65. The molecule has 0 spiro atoms. The van der Waals surface area contributed by atoms with Gasteiger partial charge in [0.25, 0.3) is 0 Å². The molecule has 2 aromatic rings. The van der Waals surface area contributed by atoms with Crippen LogP contribution in [0.4, 0.5) is 0 Å². The number of aryl methyl sites for hydroxylation is 1. The molecule has 1 aromatic carbocycles. The number of carboxylic acids is 2. The highest BCUT2D eigenvalue weighted by Crippen LogP contribution is 2.22. The van der Waals surface area contributed by atoms with Crippen LogP contribution in [0.15, 0.2) is 30.3 Å². The second-order valence-electron chi connectivity index (χ2n) is 4.54. The van der Waals surface area contributed by atoms with Crippen LogP contribution in [0.3, 0.4) is 0 Å². The lowest BCUT2D eigenvalue weighted by atomic mass is 10.1. The Morgan fingerprint density at radius 1 is 1.10 bits per heavy atom. The van der Waals surface area contributed by atoms with E-state index in [4.69, 9.17) is 10.2 Å².